The van der Waals surface area contributed by atoms with Gasteiger partial charge in [0.15, 0.2) is 0 Å². The lowest BCUT2D eigenvalue weighted by Gasteiger charge is -2.17. The van der Waals surface area contributed by atoms with Gasteiger partial charge in [0.2, 0.25) is 0 Å². The van der Waals surface area contributed by atoms with E-state index in [-0.39, 0.29) is 6.61 Å². The number of nitrogens with one attached hydrogen (secondary N) is 2. The van der Waals surface area contributed by atoms with Gasteiger partial charge in [0.1, 0.15) is 17.1 Å². The molecule has 2 heterocycles. The highest BCUT2D eigenvalue weighted by atomic mass is 32.1. The lowest BCUT2D eigenvalue weighted by Crippen LogP contribution is -2.26. The summed E-state index contributed by atoms with van der Waals surface area (Å²) in [7, 11) is 0. The molecule has 0 saturated heterocycles. The first-order valence-corrected chi connectivity index (χ1v) is 6.25. The predicted octanol–water partition coefficient (Wildman–Crippen LogP) is 1.61. The van der Waals surface area contributed by atoms with Crippen LogP contribution in [0.25, 0.3) is 0 Å². The van der Waals surface area contributed by atoms with Gasteiger partial charge in [-0.05, 0) is 0 Å². The average molecular weight is 275 g/mol. The maximum absolute atomic E-state index is 11.9. The molecule has 0 saturated carbocycles. The van der Waals surface area contributed by atoms with Gasteiger partial charge < -0.3 is 15.0 Å². The zero-order valence-electron chi connectivity index (χ0n) is 9.84. The Hall–Kier alpha value is -0.920. The monoisotopic (exact) mass is 275 g/mol. The summed E-state index contributed by atoms with van der Waals surface area (Å²) in [5.41, 5.74) is 2.13. The van der Waals surface area contributed by atoms with Gasteiger partial charge >= 0.3 is 0 Å². The topological polar surface area (TPSA) is 49.9 Å². The number of hydrogen-bond acceptors (Lipinski definition) is 4. The molecule has 100 valence electrons. The average Bonchev–Trinajstić information content (AvgIpc) is 2.35. The maximum Gasteiger partial charge on any atom is 0.261 e. The summed E-state index contributed by atoms with van der Waals surface area (Å²) >= 11 is 5.21. The number of aromatic amines is 1. The minimum Gasteiger partial charge on any atom is -0.375 e. The van der Waals surface area contributed by atoms with Gasteiger partial charge in [-0.2, -0.15) is 0 Å². The van der Waals surface area contributed by atoms with E-state index in [1.165, 1.54) is 0 Å². The van der Waals surface area contributed by atoms with Crippen molar-refractivity contribution in [2.24, 2.45) is 0 Å². The van der Waals surface area contributed by atoms with Crippen LogP contribution in [0.15, 0.2) is 0 Å². The normalized spacial score (nSPS) is 14.8. The molecule has 0 amide bonds. The highest BCUT2D eigenvalue weighted by molar-refractivity contribution is 7.71. The van der Waals surface area contributed by atoms with Crippen LogP contribution in [0.4, 0.5) is 8.78 Å². The number of fused-ring (bicyclic) bond motifs is 1. The van der Waals surface area contributed by atoms with Crippen LogP contribution in [0, 0.1) is 4.64 Å². The summed E-state index contributed by atoms with van der Waals surface area (Å²) in [5, 5.41) is 3.23. The highest BCUT2D eigenvalue weighted by Crippen LogP contribution is 2.12. The molecule has 7 heteroatoms. The van der Waals surface area contributed by atoms with E-state index in [1.807, 2.05) is 0 Å². The molecule has 0 radical (unpaired) electrons. The van der Waals surface area contributed by atoms with E-state index < -0.39 is 13.0 Å². The first kappa shape index (κ1) is 13.5. The summed E-state index contributed by atoms with van der Waals surface area (Å²) in [4.78, 5) is 7.46. The maximum atomic E-state index is 11.9. The zero-order valence-corrected chi connectivity index (χ0v) is 10.7. The molecule has 0 aliphatic carbocycles. The van der Waals surface area contributed by atoms with Crippen molar-refractivity contribution in [3.05, 3.63) is 21.7 Å². The molecule has 0 atom stereocenters. The first-order valence-electron chi connectivity index (χ1n) is 5.84. The van der Waals surface area contributed by atoms with Crippen LogP contribution in [0.5, 0.6) is 0 Å². The summed E-state index contributed by atoms with van der Waals surface area (Å²) in [5.74, 6) is 0.704. The number of alkyl halides is 2. The largest absolute Gasteiger partial charge is 0.375 e. The second kappa shape index (κ2) is 6.31. The van der Waals surface area contributed by atoms with Crippen LogP contribution in [0.2, 0.25) is 0 Å². The molecule has 0 unspecified atom stereocenters. The fourth-order valence-electron chi connectivity index (χ4n) is 1.88. The summed E-state index contributed by atoms with van der Waals surface area (Å²) < 4.78 is 29.2. The van der Waals surface area contributed by atoms with Crippen LogP contribution in [0.1, 0.15) is 17.1 Å². The molecule has 18 heavy (non-hydrogen) atoms. The molecule has 0 spiro atoms. The minimum atomic E-state index is -2.42. The lowest BCUT2D eigenvalue weighted by atomic mass is 10.1. The van der Waals surface area contributed by atoms with Gasteiger partial charge in [-0.15, -0.1) is 0 Å². The van der Waals surface area contributed by atoms with Crippen LogP contribution >= 0.6 is 12.2 Å². The highest BCUT2D eigenvalue weighted by Gasteiger charge is 2.12. The van der Waals surface area contributed by atoms with Gasteiger partial charge in [-0.1, -0.05) is 12.2 Å². The predicted molar refractivity (Wildman–Crippen MR) is 65.4 cm³/mol. The first-order chi connectivity index (χ1) is 8.66. The van der Waals surface area contributed by atoms with Crippen molar-refractivity contribution in [3.8, 4) is 0 Å². The minimum absolute atomic E-state index is 0.222. The molecule has 0 bridgehead atoms. The Balaban J connectivity index is 1.97. The molecule has 2 rings (SSSR count). The smallest absolute Gasteiger partial charge is 0.261 e. The third-order valence-corrected chi connectivity index (χ3v) is 3.07. The van der Waals surface area contributed by atoms with E-state index >= 15 is 0 Å². The van der Waals surface area contributed by atoms with Crippen molar-refractivity contribution in [1.82, 2.24) is 15.3 Å². The van der Waals surface area contributed by atoms with E-state index in [4.69, 9.17) is 17.0 Å². The van der Waals surface area contributed by atoms with Gasteiger partial charge in [-0.3, -0.25) is 0 Å². The van der Waals surface area contributed by atoms with Gasteiger partial charge in [0, 0.05) is 37.2 Å². The van der Waals surface area contributed by atoms with Crippen molar-refractivity contribution < 1.29 is 13.5 Å². The molecular formula is C11H15F2N3OS. The number of aromatic nitrogens is 2. The Morgan fingerprint density at radius 1 is 1.44 bits per heavy atom. The van der Waals surface area contributed by atoms with E-state index in [9.17, 15) is 8.78 Å². The van der Waals surface area contributed by atoms with Crippen molar-refractivity contribution in [1.29, 1.82) is 0 Å². The Labute approximate surface area is 109 Å². The number of ether oxygens (including phenoxy) is 1. The quantitative estimate of drug-likeness (QED) is 0.633. The number of hydrogen-bond donors (Lipinski definition) is 2. The Morgan fingerprint density at radius 3 is 3.06 bits per heavy atom. The SMILES string of the molecule is FC(F)COCCc1nc(=S)c2c([nH]1)CCNC2. The standard InChI is InChI=1S/C11H15F2N3OS/c12-9(13)6-17-4-2-10-15-8-1-3-14-5-7(8)11(18)16-10/h9,14H,1-6H2,(H,15,16,18). The lowest BCUT2D eigenvalue weighted by molar-refractivity contribution is 0.0182. The summed E-state index contributed by atoms with van der Waals surface area (Å²) in [6.45, 7) is 1.33. The van der Waals surface area contributed by atoms with Crippen molar-refractivity contribution in [2.45, 2.75) is 25.8 Å². The molecule has 1 aliphatic heterocycles. The van der Waals surface area contributed by atoms with Gasteiger partial charge in [0.25, 0.3) is 6.43 Å². The third kappa shape index (κ3) is 3.54. The molecule has 0 fully saturated rings. The molecule has 4 nitrogen and oxygen atoms in total. The van der Waals surface area contributed by atoms with Gasteiger partial charge in [0.05, 0.1) is 6.61 Å². The molecule has 0 aromatic carbocycles. The van der Waals surface area contributed by atoms with Crippen LogP contribution < -0.4 is 5.32 Å². The van der Waals surface area contributed by atoms with Crippen molar-refractivity contribution in [2.75, 3.05) is 19.8 Å². The van der Waals surface area contributed by atoms with Crippen LogP contribution in [0.3, 0.4) is 0 Å². The van der Waals surface area contributed by atoms with Crippen molar-refractivity contribution in [3.63, 3.8) is 0 Å². The molecule has 1 aromatic heterocycles. The number of H-pyrrole nitrogens is 1. The van der Waals surface area contributed by atoms with E-state index in [0.717, 1.165) is 30.8 Å². The van der Waals surface area contributed by atoms with E-state index in [0.29, 0.717) is 16.9 Å². The summed E-state index contributed by atoms with van der Waals surface area (Å²) in [6.07, 6.45) is -1.07. The van der Waals surface area contributed by atoms with E-state index in [1.54, 1.807) is 0 Å². The molecule has 1 aromatic rings. The van der Waals surface area contributed by atoms with Crippen LogP contribution in [-0.4, -0.2) is 36.2 Å². The van der Waals surface area contributed by atoms with Crippen molar-refractivity contribution >= 4 is 12.2 Å². The number of halogens is 2. The van der Waals surface area contributed by atoms with Crippen LogP contribution in [-0.2, 0) is 24.1 Å². The Bertz CT molecular complexity index is 464. The van der Waals surface area contributed by atoms with E-state index in [2.05, 4.69) is 15.3 Å². The summed E-state index contributed by atoms with van der Waals surface area (Å²) in [6, 6.07) is 0. The zero-order chi connectivity index (χ0) is 13.0. The molecule has 2 N–H and O–H groups in total. The molecular weight excluding hydrogens is 260 g/mol. The third-order valence-electron chi connectivity index (χ3n) is 2.73. The van der Waals surface area contributed by atoms with Gasteiger partial charge in [-0.25, -0.2) is 13.8 Å². The fourth-order valence-corrected chi connectivity index (χ4v) is 2.18. The second-order valence-electron chi connectivity index (χ2n) is 4.09. The second-order valence-corrected chi connectivity index (χ2v) is 4.48. The Kier molecular flexibility index (Phi) is 4.73. The number of nitrogens with zero attached hydrogens (tertiary/aromatic N) is 1. The Morgan fingerprint density at radius 2 is 2.28 bits per heavy atom. The molecule has 1 aliphatic rings. The fraction of sp³-hybridized carbons (Fsp3) is 0.636. The number of rotatable bonds is 5.